The van der Waals surface area contributed by atoms with Gasteiger partial charge in [-0.2, -0.15) is 0 Å². The van der Waals surface area contributed by atoms with E-state index in [9.17, 15) is 5.11 Å². The van der Waals surface area contributed by atoms with Gasteiger partial charge >= 0.3 is 0 Å². The standard InChI is InChI=1S/C22H29NO4/c1-4-5-18-8-11-21(22(14-18)26-3)27-16-19(24)15-23-13-12-17-6-9-20(25-2)10-7-17/h4-11,14,19,23-24H,12-13,15-16H2,1-3H3/p+1/b5-4+/t19-/m0/s1. The maximum absolute atomic E-state index is 10.2. The van der Waals surface area contributed by atoms with Crippen LogP contribution in [-0.2, 0) is 6.42 Å². The second-order valence-corrected chi connectivity index (χ2v) is 6.29. The van der Waals surface area contributed by atoms with Crippen molar-refractivity contribution in [3.05, 3.63) is 59.7 Å². The quantitative estimate of drug-likeness (QED) is 0.594. The van der Waals surface area contributed by atoms with Gasteiger partial charge in [0.2, 0.25) is 0 Å². The van der Waals surface area contributed by atoms with Crippen molar-refractivity contribution in [1.82, 2.24) is 0 Å². The lowest BCUT2D eigenvalue weighted by atomic mass is 10.1. The Morgan fingerprint density at radius 2 is 1.81 bits per heavy atom. The highest BCUT2D eigenvalue weighted by Gasteiger charge is 2.10. The number of rotatable bonds is 11. The molecule has 0 radical (unpaired) electrons. The molecule has 0 saturated carbocycles. The van der Waals surface area contributed by atoms with Crippen molar-refractivity contribution in [3.63, 3.8) is 0 Å². The first kappa shape index (κ1) is 20.8. The summed E-state index contributed by atoms with van der Waals surface area (Å²) in [6.07, 6.45) is 4.37. The van der Waals surface area contributed by atoms with Crippen LogP contribution in [0.25, 0.3) is 6.08 Å². The van der Waals surface area contributed by atoms with Crippen LogP contribution in [-0.4, -0.2) is 45.1 Å². The Balaban J connectivity index is 1.71. The van der Waals surface area contributed by atoms with Crippen LogP contribution < -0.4 is 19.5 Å². The average Bonchev–Trinajstić information content (AvgIpc) is 2.70. The van der Waals surface area contributed by atoms with Crippen molar-refractivity contribution in [2.24, 2.45) is 0 Å². The van der Waals surface area contributed by atoms with E-state index < -0.39 is 6.10 Å². The second kappa shape index (κ2) is 11.3. The molecule has 0 amide bonds. The lowest BCUT2D eigenvalue weighted by Gasteiger charge is -2.14. The number of benzene rings is 2. The molecular weight excluding hydrogens is 342 g/mol. The molecule has 5 heteroatoms. The molecule has 2 aromatic rings. The Hall–Kier alpha value is -2.50. The summed E-state index contributed by atoms with van der Waals surface area (Å²) in [5.41, 5.74) is 2.30. The fourth-order valence-electron chi connectivity index (χ4n) is 2.72. The van der Waals surface area contributed by atoms with Gasteiger partial charge in [0.1, 0.15) is 25.0 Å². The van der Waals surface area contributed by atoms with Crippen LogP contribution in [0.15, 0.2) is 48.5 Å². The molecule has 2 rings (SSSR count). The van der Waals surface area contributed by atoms with Gasteiger partial charge in [-0.3, -0.25) is 0 Å². The van der Waals surface area contributed by atoms with Crippen LogP contribution in [0.2, 0.25) is 0 Å². The number of aliphatic hydroxyl groups is 1. The number of methoxy groups -OCH3 is 2. The zero-order valence-electron chi connectivity index (χ0n) is 16.4. The number of quaternary nitrogens is 1. The Kier molecular flexibility index (Phi) is 8.68. The first-order valence-electron chi connectivity index (χ1n) is 9.22. The van der Waals surface area contributed by atoms with Gasteiger partial charge in [-0.15, -0.1) is 0 Å². The highest BCUT2D eigenvalue weighted by atomic mass is 16.5. The number of hydrogen-bond donors (Lipinski definition) is 2. The summed E-state index contributed by atoms with van der Waals surface area (Å²) in [5, 5.41) is 12.3. The molecule has 0 unspecified atom stereocenters. The van der Waals surface area contributed by atoms with Crippen LogP contribution in [0.3, 0.4) is 0 Å². The van der Waals surface area contributed by atoms with E-state index in [1.165, 1.54) is 5.56 Å². The average molecular weight is 372 g/mol. The number of hydrogen-bond acceptors (Lipinski definition) is 4. The van der Waals surface area contributed by atoms with Gasteiger partial charge in [-0.1, -0.05) is 30.4 Å². The first-order valence-corrected chi connectivity index (χ1v) is 9.22. The summed E-state index contributed by atoms with van der Waals surface area (Å²) in [4.78, 5) is 0. The minimum atomic E-state index is -0.541. The van der Waals surface area contributed by atoms with Gasteiger partial charge in [0.15, 0.2) is 11.5 Å². The van der Waals surface area contributed by atoms with E-state index in [2.05, 4.69) is 17.4 Å². The second-order valence-electron chi connectivity index (χ2n) is 6.29. The normalized spacial score (nSPS) is 12.1. The van der Waals surface area contributed by atoms with Crippen molar-refractivity contribution >= 4 is 6.08 Å². The van der Waals surface area contributed by atoms with E-state index in [-0.39, 0.29) is 6.61 Å². The van der Waals surface area contributed by atoms with Crippen molar-refractivity contribution < 1.29 is 24.6 Å². The summed E-state index contributed by atoms with van der Waals surface area (Å²) in [7, 11) is 3.28. The molecule has 2 aromatic carbocycles. The summed E-state index contributed by atoms with van der Waals surface area (Å²) in [6.45, 7) is 3.70. The van der Waals surface area contributed by atoms with Gasteiger partial charge < -0.3 is 24.6 Å². The number of allylic oxidation sites excluding steroid dienone is 1. The summed E-state index contributed by atoms with van der Waals surface area (Å²) >= 11 is 0. The fraction of sp³-hybridized carbons (Fsp3) is 0.364. The van der Waals surface area contributed by atoms with Crippen molar-refractivity contribution in [1.29, 1.82) is 0 Å². The van der Waals surface area contributed by atoms with Crippen LogP contribution >= 0.6 is 0 Å². The summed E-state index contributed by atoms with van der Waals surface area (Å²) < 4.78 is 16.3. The largest absolute Gasteiger partial charge is 0.497 e. The lowest BCUT2D eigenvalue weighted by Crippen LogP contribution is -2.87. The summed E-state index contributed by atoms with van der Waals surface area (Å²) in [6, 6.07) is 13.8. The molecule has 0 spiro atoms. The maximum Gasteiger partial charge on any atom is 0.161 e. The van der Waals surface area contributed by atoms with E-state index in [0.717, 1.165) is 24.3 Å². The highest BCUT2D eigenvalue weighted by molar-refractivity contribution is 5.55. The molecule has 3 N–H and O–H groups in total. The predicted octanol–water partition coefficient (Wildman–Crippen LogP) is 2.28. The molecule has 0 aliphatic carbocycles. The van der Waals surface area contributed by atoms with Crippen LogP contribution in [0.1, 0.15) is 18.1 Å². The van der Waals surface area contributed by atoms with Gasteiger partial charge in [0.05, 0.1) is 20.8 Å². The number of ether oxygens (including phenoxy) is 3. The van der Waals surface area contributed by atoms with Crippen molar-refractivity contribution in [2.45, 2.75) is 19.4 Å². The molecule has 27 heavy (non-hydrogen) atoms. The Bertz CT molecular complexity index is 713. The molecule has 5 nitrogen and oxygen atoms in total. The van der Waals surface area contributed by atoms with Gasteiger partial charge in [-0.05, 0) is 42.3 Å². The Labute approximate surface area is 161 Å². The third kappa shape index (κ3) is 6.96. The van der Waals surface area contributed by atoms with Crippen molar-refractivity contribution in [3.8, 4) is 17.2 Å². The zero-order valence-corrected chi connectivity index (χ0v) is 16.4. The maximum atomic E-state index is 10.2. The van der Waals surface area contributed by atoms with E-state index in [0.29, 0.717) is 18.0 Å². The van der Waals surface area contributed by atoms with Gasteiger partial charge in [0, 0.05) is 6.42 Å². The molecule has 0 bridgehead atoms. The first-order chi connectivity index (χ1) is 13.2. The predicted molar refractivity (Wildman–Crippen MR) is 108 cm³/mol. The molecule has 146 valence electrons. The smallest absolute Gasteiger partial charge is 0.161 e. The van der Waals surface area contributed by atoms with Gasteiger partial charge in [0.25, 0.3) is 0 Å². The van der Waals surface area contributed by atoms with Gasteiger partial charge in [-0.25, -0.2) is 0 Å². The van der Waals surface area contributed by atoms with E-state index in [4.69, 9.17) is 14.2 Å². The third-order valence-electron chi connectivity index (χ3n) is 4.21. The minimum absolute atomic E-state index is 0.234. The molecule has 0 aliphatic heterocycles. The highest BCUT2D eigenvalue weighted by Crippen LogP contribution is 2.28. The number of aliphatic hydroxyl groups excluding tert-OH is 1. The van der Waals surface area contributed by atoms with E-state index >= 15 is 0 Å². The monoisotopic (exact) mass is 372 g/mol. The molecular formula is C22H30NO4+. The zero-order chi connectivity index (χ0) is 19.5. The fourth-order valence-corrected chi connectivity index (χ4v) is 2.72. The SMILES string of the molecule is C/C=C/c1ccc(OC[C@@H](O)C[NH2+]CCc2ccc(OC)cc2)c(OC)c1. The topological polar surface area (TPSA) is 64.5 Å². The molecule has 0 aliphatic rings. The van der Waals surface area contributed by atoms with E-state index in [1.807, 2.05) is 49.4 Å². The van der Waals surface area contributed by atoms with Crippen LogP contribution in [0.4, 0.5) is 0 Å². The molecule has 0 saturated heterocycles. The van der Waals surface area contributed by atoms with Crippen molar-refractivity contribution in [2.75, 3.05) is 33.9 Å². The summed E-state index contributed by atoms with van der Waals surface area (Å²) in [5.74, 6) is 2.17. The van der Waals surface area contributed by atoms with Crippen LogP contribution in [0.5, 0.6) is 17.2 Å². The molecule has 0 heterocycles. The minimum Gasteiger partial charge on any atom is -0.497 e. The van der Waals surface area contributed by atoms with E-state index in [1.54, 1.807) is 14.2 Å². The Morgan fingerprint density at radius 3 is 2.48 bits per heavy atom. The molecule has 0 aromatic heterocycles. The molecule has 1 atom stereocenters. The Morgan fingerprint density at radius 1 is 1.04 bits per heavy atom. The lowest BCUT2D eigenvalue weighted by molar-refractivity contribution is -0.660. The third-order valence-corrected chi connectivity index (χ3v) is 4.21. The van der Waals surface area contributed by atoms with Crippen LogP contribution in [0, 0.1) is 0 Å². The molecule has 0 fully saturated rings. The number of nitrogens with two attached hydrogens (primary N) is 1.